The molecule has 2 heterocycles. The van der Waals surface area contributed by atoms with Gasteiger partial charge in [0.25, 0.3) is 0 Å². The number of hydrogen-bond donors (Lipinski definition) is 1. The summed E-state index contributed by atoms with van der Waals surface area (Å²) in [5.41, 5.74) is 4.88. The molecule has 0 aromatic heterocycles. The summed E-state index contributed by atoms with van der Waals surface area (Å²) in [6.45, 7) is 2.02. The zero-order valence-electron chi connectivity index (χ0n) is 19.7. The van der Waals surface area contributed by atoms with Crippen molar-refractivity contribution in [2.24, 2.45) is 0 Å². The standard InChI is InChI=1S/C29H31ClO5/c30-28-22(16-31)13-26(29-25(28)11-12-33-29)27-15-23(34-18-21-9-5-2-6-10-21)14-24(35-27)19-32-17-20-7-3-1-4-8-20/h1-10,13,23-24,27,31H,11-12,14-19H2. The largest absolute Gasteiger partial charge is 0.493 e. The Morgan fingerprint density at radius 1 is 0.943 bits per heavy atom. The van der Waals surface area contributed by atoms with Crippen LogP contribution in [0.25, 0.3) is 0 Å². The first kappa shape index (κ1) is 24.3. The first-order valence-electron chi connectivity index (χ1n) is 12.2. The van der Waals surface area contributed by atoms with E-state index < -0.39 is 0 Å². The van der Waals surface area contributed by atoms with Gasteiger partial charge in [-0.05, 0) is 22.8 Å². The number of aliphatic hydroxyl groups is 1. The van der Waals surface area contributed by atoms with Crippen LogP contribution in [0.1, 0.15) is 46.8 Å². The van der Waals surface area contributed by atoms with E-state index in [0.29, 0.717) is 43.4 Å². The molecule has 3 aromatic rings. The van der Waals surface area contributed by atoms with Crippen LogP contribution >= 0.6 is 11.6 Å². The fraction of sp³-hybridized carbons (Fsp3) is 0.379. The minimum absolute atomic E-state index is 0.00425. The van der Waals surface area contributed by atoms with Gasteiger partial charge in [0, 0.05) is 30.4 Å². The Morgan fingerprint density at radius 3 is 2.37 bits per heavy atom. The monoisotopic (exact) mass is 494 g/mol. The fourth-order valence-corrected chi connectivity index (χ4v) is 5.17. The van der Waals surface area contributed by atoms with E-state index in [4.69, 9.17) is 30.5 Å². The number of ether oxygens (including phenoxy) is 4. The van der Waals surface area contributed by atoms with Crippen molar-refractivity contribution in [3.05, 3.63) is 99.6 Å². The lowest BCUT2D eigenvalue weighted by Gasteiger charge is -2.36. The average Bonchev–Trinajstić information content (AvgIpc) is 3.40. The van der Waals surface area contributed by atoms with Crippen LogP contribution in [-0.4, -0.2) is 30.5 Å². The van der Waals surface area contributed by atoms with Gasteiger partial charge in [0.1, 0.15) is 5.75 Å². The smallest absolute Gasteiger partial charge is 0.129 e. The molecule has 5 rings (SSSR count). The molecule has 35 heavy (non-hydrogen) atoms. The molecule has 2 aliphatic heterocycles. The normalized spacial score (nSPS) is 21.5. The van der Waals surface area contributed by atoms with E-state index >= 15 is 0 Å². The highest BCUT2D eigenvalue weighted by molar-refractivity contribution is 6.32. The van der Waals surface area contributed by atoms with Crippen molar-refractivity contribution in [2.75, 3.05) is 13.2 Å². The van der Waals surface area contributed by atoms with Gasteiger partial charge in [0.15, 0.2) is 0 Å². The highest BCUT2D eigenvalue weighted by atomic mass is 35.5. The molecular formula is C29H31ClO5. The second-order valence-electron chi connectivity index (χ2n) is 9.14. The Kier molecular flexibility index (Phi) is 8.02. The topological polar surface area (TPSA) is 57.2 Å². The third kappa shape index (κ3) is 5.88. The van der Waals surface area contributed by atoms with Gasteiger partial charge in [0.2, 0.25) is 0 Å². The number of benzene rings is 3. The molecule has 0 aliphatic carbocycles. The first-order chi connectivity index (χ1) is 17.2. The lowest BCUT2D eigenvalue weighted by Crippen LogP contribution is -2.36. The van der Waals surface area contributed by atoms with Gasteiger partial charge in [-0.1, -0.05) is 72.3 Å². The van der Waals surface area contributed by atoms with E-state index in [1.807, 2.05) is 42.5 Å². The molecular weight excluding hydrogens is 464 g/mol. The number of hydrogen-bond acceptors (Lipinski definition) is 5. The molecule has 1 saturated heterocycles. The second kappa shape index (κ2) is 11.5. The number of halogens is 1. The first-order valence-corrected chi connectivity index (χ1v) is 12.6. The van der Waals surface area contributed by atoms with Gasteiger partial charge in [-0.2, -0.15) is 0 Å². The van der Waals surface area contributed by atoms with Crippen molar-refractivity contribution in [3.63, 3.8) is 0 Å². The molecule has 0 saturated carbocycles. The van der Waals surface area contributed by atoms with Crippen LogP contribution < -0.4 is 4.74 Å². The van der Waals surface area contributed by atoms with Crippen LogP contribution in [0.5, 0.6) is 5.75 Å². The molecule has 0 spiro atoms. The summed E-state index contributed by atoms with van der Waals surface area (Å²) in [5.74, 6) is 0.796. The van der Waals surface area contributed by atoms with Crippen molar-refractivity contribution in [3.8, 4) is 5.75 Å². The van der Waals surface area contributed by atoms with E-state index in [-0.39, 0.29) is 24.9 Å². The molecule has 3 atom stereocenters. The summed E-state index contributed by atoms with van der Waals surface area (Å²) in [4.78, 5) is 0. The van der Waals surface area contributed by atoms with E-state index in [0.717, 1.165) is 40.8 Å². The van der Waals surface area contributed by atoms with Gasteiger partial charge < -0.3 is 24.1 Å². The Balaban J connectivity index is 1.33. The summed E-state index contributed by atoms with van der Waals surface area (Å²) in [6, 6.07) is 22.3. The lowest BCUT2D eigenvalue weighted by molar-refractivity contribution is -0.142. The number of rotatable bonds is 9. The minimum Gasteiger partial charge on any atom is -0.493 e. The quantitative estimate of drug-likeness (QED) is 0.408. The maximum absolute atomic E-state index is 9.90. The van der Waals surface area contributed by atoms with Crippen molar-refractivity contribution < 1.29 is 24.1 Å². The molecule has 0 bridgehead atoms. The lowest BCUT2D eigenvalue weighted by atomic mass is 9.92. The van der Waals surface area contributed by atoms with Crippen molar-refractivity contribution in [1.82, 2.24) is 0 Å². The van der Waals surface area contributed by atoms with Gasteiger partial charge >= 0.3 is 0 Å². The van der Waals surface area contributed by atoms with Gasteiger partial charge in [-0.3, -0.25) is 0 Å². The molecule has 184 valence electrons. The molecule has 0 radical (unpaired) electrons. The van der Waals surface area contributed by atoms with Crippen LogP contribution in [0.3, 0.4) is 0 Å². The summed E-state index contributed by atoms with van der Waals surface area (Å²) < 4.78 is 24.9. The molecule has 1 N–H and O–H groups in total. The highest BCUT2D eigenvalue weighted by Gasteiger charge is 2.35. The number of fused-ring (bicyclic) bond motifs is 1. The average molecular weight is 495 g/mol. The third-order valence-corrected chi connectivity index (χ3v) is 7.10. The van der Waals surface area contributed by atoms with Crippen LogP contribution in [-0.2, 0) is 40.5 Å². The number of aliphatic hydroxyl groups excluding tert-OH is 1. The predicted octanol–water partition coefficient (Wildman–Crippen LogP) is 5.79. The Labute approximate surface area is 211 Å². The van der Waals surface area contributed by atoms with Crippen LogP contribution in [0.4, 0.5) is 0 Å². The summed E-state index contributed by atoms with van der Waals surface area (Å²) in [7, 11) is 0. The summed E-state index contributed by atoms with van der Waals surface area (Å²) >= 11 is 6.54. The predicted molar refractivity (Wildman–Crippen MR) is 135 cm³/mol. The van der Waals surface area contributed by atoms with Gasteiger partial charge in [0.05, 0.1) is 56.4 Å². The van der Waals surface area contributed by atoms with E-state index in [1.54, 1.807) is 0 Å². The van der Waals surface area contributed by atoms with Crippen LogP contribution in [0.2, 0.25) is 5.02 Å². The maximum Gasteiger partial charge on any atom is 0.129 e. The summed E-state index contributed by atoms with van der Waals surface area (Å²) in [6.07, 6.45) is 1.84. The molecule has 0 amide bonds. The van der Waals surface area contributed by atoms with E-state index in [2.05, 4.69) is 24.3 Å². The fourth-order valence-electron chi connectivity index (χ4n) is 4.87. The van der Waals surface area contributed by atoms with Crippen molar-refractivity contribution in [1.29, 1.82) is 0 Å². The Hall–Kier alpha value is -2.41. The Morgan fingerprint density at radius 2 is 1.66 bits per heavy atom. The zero-order chi connectivity index (χ0) is 24.0. The van der Waals surface area contributed by atoms with Gasteiger partial charge in [-0.15, -0.1) is 0 Å². The van der Waals surface area contributed by atoms with Crippen LogP contribution in [0, 0.1) is 0 Å². The molecule has 6 heteroatoms. The molecule has 3 unspecified atom stereocenters. The van der Waals surface area contributed by atoms with E-state index in [1.165, 1.54) is 0 Å². The van der Waals surface area contributed by atoms with E-state index in [9.17, 15) is 5.11 Å². The SMILES string of the molecule is OCc1cc(C2CC(OCc3ccccc3)CC(COCc3ccccc3)O2)c2c(c1Cl)CCO2. The zero-order valence-corrected chi connectivity index (χ0v) is 20.5. The molecule has 2 aliphatic rings. The van der Waals surface area contributed by atoms with Crippen LogP contribution in [0.15, 0.2) is 66.7 Å². The maximum atomic E-state index is 9.90. The third-order valence-electron chi connectivity index (χ3n) is 6.63. The molecule has 5 nitrogen and oxygen atoms in total. The van der Waals surface area contributed by atoms with Crippen molar-refractivity contribution >= 4 is 11.6 Å². The molecule has 1 fully saturated rings. The second-order valence-corrected chi connectivity index (χ2v) is 9.52. The van der Waals surface area contributed by atoms with Crippen molar-refractivity contribution in [2.45, 2.75) is 57.4 Å². The highest BCUT2D eigenvalue weighted by Crippen LogP contribution is 2.45. The van der Waals surface area contributed by atoms with Gasteiger partial charge in [-0.25, -0.2) is 0 Å². The Bertz CT molecular complexity index is 1110. The molecule has 3 aromatic carbocycles. The summed E-state index contributed by atoms with van der Waals surface area (Å²) in [5, 5.41) is 10.5. The minimum atomic E-state index is -0.232.